The molecular weight excluding hydrogens is 418 g/mol. The van der Waals surface area contributed by atoms with Gasteiger partial charge in [0.15, 0.2) is 11.5 Å². The molecule has 1 aliphatic heterocycles. The third kappa shape index (κ3) is 4.14. The van der Waals surface area contributed by atoms with Crippen molar-refractivity contribution < 1.29 is 4.79 Å². The average molecular weight is 444 g/mol. The fourth-order valence-corrected chi connectivity index (χ4v) is 4.12. The number of benzene rings is 1. The lowest BCUT2D eigenvalue weighted by atomic mass is 10.2. The van der Waals surface area contributed by atoms with Crippen molar-refractivity contribution in [1.82, 2.24) is 29.5 Å². The molecule has 3 aromatic heterocycles. The van der Waals surface area contributed by atoms with E-state index in [0.717, 1.165) is 30.8 Å². The van der Waals surface area contributed by atoms with Crippen molar-refractivity contribution in [2.45, 2.75) is 32.7 Å². The Hall–Kier alpha value is -4.21. The summed E-state index contributed by atoms with van der Waals surface area (Å²) >= 11 is 0. The Labute approximate surface area is 190 Å². The first-order valence-electron chi connectivity index (χ1n) is 10.9. The van der Waals surface area contributed by atoms with Crippen LogP contribution >= 0.6 is 0 Å². The Morgan fingerprint density at radius 2 is 1.91 bits per heavy atom. The van der Waals surface area contributed by atoms with Gasteiger partial charge < -0.3 is 21.3 Å². The lowest BCUT2D eigenvalue weighted by molar-refractivity contribution is 0.210. The Kier molecular flexibility index (Phi) is 5.25. The minimum atomic E-state index is -0.0638. The molecule has 4 N–H and O–H groups in total. The zero-order chi connectivity index (χ0) is 22.9. The highest BCUT2D eigenvalue weighted by Gasteiger charge is 2.25. The molecule has 0 spiro atoms. The molecule has 0 aliphatic carbocycles. The number of carbonyl (C=O) groups is 1. The largest absolute Gasteiger partial charge is 0.384 e. The number of nitrogens with one attached hydrogen (secondary N) is 2. The van der Waals surface area contributed by atoms with E-state index in [2.05, 4.69) is 37.6 Å². The van der Waals surface area contributed by atoms with E-state index in [1.807, 2.05) is 41.3 Å². The highest BCUT2D eigenvalue weighted by atomic mass is 16.2. The lowest BCUT2D eigenvalue weighted by Crippen LogP contribution is -2.37. The number of rotatable bonds is 4. The molecule has 2 amide bonds. The number of carbonyl (C=O) groups excluding carboxylic acids is 1. The summed E-state index contributed by atoms with van der Waals surface area (Å²) in [6.45, 7) is 4.66. The van der Waals surface area contributed by atoms with E-state index in [0.29, 0.717) is 34.5 Å². The second-order valence-electron chi connectivity index (χ2n) is 8.15. The Morgan fingerprint density at radius 3 is 2.64 bits per heavy atom. The number of likely N-dealkylation sites (tertiary alicyclic amines) is 1. The predicted molar refractivity (Wildman–Crippen MR) is 127 cm³/mol. The molecule has 5 rings (SSSR count). The molecule has 1 aromatic carbocycles. The number of aromatic nitrogens is 5. The summed E-state index contributed by atoms with van der Waals surface area (Å²) in [5, 5.41) is 10.8. The SMILES string of the molecule is Cc1nc(N)cc(-c2c(Nc3ccc(NC(=O)N4CCCC4C)cc3)nc3cccnn23)n1. The van der Waals surface area contributed by atoms with Crippen LogP contribution in [-0.4, -0.2) is 48.1 Å². The van der Waals surface area contributed by atoms with Crippen molar-refractivity contribution in [2.24, 2.45) is 0 Å². The van der Waals surface area contributed by atoms with E-state index in [9.17, 15) is 4.79 Å². The van der Waals surface area contributed by atoms with Gasteiger partial charge in [0.05, 0.1) is 5.69 Å². The molecule has 1 fully saturated rings. The van der Waals surface area contributed by atoms with Gasteiger partial charge in [-0.2, -0.15) is 5.10 Å². The molecule has 0 bridgehead atoms. The van der Waals surface area contributed by atoms with Crippen LogP contribution in [0, 0.1) is 6.92 Å². The van der Waals surface area contributed by atoms with Crippen LogP contribution < -0.4 is 16.4 Å². The summed E-state index contributed by atoms with van der Waals surface area (Å²) in [6.07, 6.45) is 3.78. The fourth-order valence-electron chi connectivity index (χ4n) is 4.12. The number of urea groups is 1. The molecule has 10 heteroatoms. The molecule has 1 unspecified atom stereocenters. The smallest absolute Gasteiger partial charge is 0.322 e. The zero-order valence-electron chi connectivity index (χ0n) is 18.5. The summed E-state index contributed by atoms with van der Waals surface area (Å²) < 4.78 is 1.72. The number of imidazole rings is 1. The number of fused-ring (bicyclic) bond motifs is 1. The molecule has 1 atom stereocenters. The third-order valence-electron chi connectivity index (χ3n) is 5.71. The van der Waals surface area contributed by atoms with Gasteiger partial charge in [-0.15, -0.1) is 0 Å². The molecule has 10 nitrogen and oxygen atoms in total. The number of amides is 2. The second kappa shape index (κ2) is 8.38. The molecular formula is C23H25N9O. The molecule has 1 saturated heterocycles. The number of anilines is 4. The van der Waals surface area contributed by atoms with Gasteiger partial charge >= 0.3 is 6.03 Å². The second-order valence-corrected chi connectivity index (χ2v) is 8.15. The molecule has 168 valence electrons. The van der Waals surface area contributed by atoms with Gasteiger partial charge in [-0.25, -0.2) is 24.3 Å². The molecule has 1 aliphatic rings. The minimum absolute atomic E-state index is 0.0638. The summed E-state index contributed by atoms with van der Waals surface area (Å²) in [5.74, 6) is 1.53. The van der Waals surface area contributed by atoms with Gasteiger partial charge in [-0.1, -0.05) is 0 Å². The van der Waals surface area contributed by atoms with E-state index in [1.165, 1.54) is 0 Å². The minimum Gasteiger partial charge on any atom is -0.384 e. The van der Waals surface area contributed by atoms with Crippen LogP contribution in [-0.2, 0) is 0 Å². The van der Waals surface area contributed by atoms with Crippen molar-refractivity contribution in [3.05, 3.63) is 54.5 Å². The molecule has 4 heterocycles. The van der Waals surface area contributed by atoms with Crippen LogP contribution in [0.5, 0.6) is 0 Å². The van der Waals surface area contributed by atoms with Crippen molar-refractivity contribution >= 4 is 34.7 Å². The van der Waals surface area contributed by atoms with Gasteiger partial charge in [-0.3, -0.25) is 0 Å². The predicted octanol–water partition coefficient (Wildman–Crippen LogP) is 3.84. The van der Waals surface area contributed by atoms with Gasteiger partial charge in [0.2, 0.25) is 0 Å². The summed E-state index contributed by atoms with van der Waals surface area (Å²) in [7, 11) is 0. The maximum absolute atomic E-state index is 12.5. The van der Waals surface area contributed by atoms with E-state index in [1.54, 1.807) is 23.7 Å². The van der Waals surface area contributed by atoms with Crippen LogP contribution in [0.25, 0.3) is 17.0 Å². The highest BCUT2D eigenvalue weighted by molar-refractivity contribution is 5.90. The van der Waals surface area contributed by atoms with Crippen LogP contribution in [0.2, 0.25) is 0 Å². The monoisotopic (exact) mass is 443 g/mol. The summed E-state index contributed by atoms with van der Waals surface area (Å²) in [6, 6.07) is 13.1. The molecule has 0 saturated carbocycles. The average Bonchev–Trinajstić information content (AvgIpc) is 3.37. The van der Waals surface area contributed by atoms with Crippen LogP contribution in [0.1, 0.15) is 25.6 Å². The number of hydrogen-bond acceptors (Lipinski definition) is 7. The maximum atomic E-state index is 12.5. The lowest BCUT2D eigenvalue weighted by Gasteiger charge is -2.21. The molecule has 0 radical (unpaired) electrons. The normalized spacial score (nSPS) is 15.7. The Bertz CT molecular complexity index is 1300. The number of nitrogens with two attached hydrogens (primary N) is 1. The van der Waals surface area contributed by atoms with Crippen molar-refractivity contribution in [2.75, 3.05) is 22.9 Å². The van der Waals surface area contributed by atoms with Crippen LogP contribution in [0.4, 0.5) is 27.8 Å². The van der Waals surface area contributed by atoms with Gasteiger partial charge in [0, 0.05) is 36.2 Å². The van der Waals surface area contributed by atoms with Crippen molar-refractivity contribution in [1.29, 1.82) is 0 Å². The highest BCUT2D eigenvalue weighted by Crippen LogP contribution is 2.30. The zero-order valence-corrected chi connectivity index (χ0v) is 18.5. The first kappa shape index (κ1) is 20.7. The van der Waals surface area contributed by atoms with Crippen molar-refractivity contribution in [3.8, 4) is 11.4 Å². The number of nitrogen functional groups attached to an aromatic ring is 1. The first-order chi connectivity index (χ1) is 16.0. The van der Waals surface area contributed by atoms with E-state index in [-0.39, 0.29) is 12.1 Å². The van der Waals surface area contributed by atoms with Gasteiger partial charge in [-0.05, 0) is 63.1 Å². The summed E-state index contributed by atoms with van der Waals surface area (Å²) in [5.41, 5.74) is 9.49. The molecule has 4 aromatic rings. The maximum Gasteiger partial charge on any atom is 0.322 e. The Morgan fingerprint density at radius 1 is 1.12 bits per heavy atom. The number of aryl methyl sites for hydroxylation is 1. The van der Waals surface area contributed by atoms with Gasteiger partial charge in [0.1, 0.15) is 17.3 Å². The third-order valence-corrected chi connectivity index (χ3v) is 5.71. The number of hydrogen-bond donors (Lipinski definition) is 3. The molecule has 33 heavy (non-hydrogen) atoms. The van der Waals surface area contributed by atoms with Crippen LogP contribution in [0.15, 0.2) is 48.7 Å². The van der Waals surface area contributed by atoms with E-state index >= 15 is 0 Å². The van der Waals surface area contributed by atoms with E-state index < -0.39 is 0 Å². The fraction of sp³-hybridized carbons (Fsp3) is 0.261. The standard InChI is InChI=1S/C23H25N9O/c1-14-5-4-12-31(14)23(33)29-17-9-7-16(8-10-17)28-22-21(18-13-19(24)27-15(2)26-18)32-20(30-22)6-3-11-25-32/h3,6-11,13-14,28H,4-5,12H2,1-2H3,(H,29,33)(H2,24,26,27). The topological polar surface area (TPSA) is 126 Å². The van der Waals surface area contributed by atoms with Crippen molar-refractivity contribution in [3.63, 3.8) is 0 Å². The first-order valence-corrected chi connectivity index (χ1v) is 10.9. The Balaban J connectivity index is 1.42. The summed E-state index contributed by atoms with van der Waals surface area (Å²) in [4.78, 5) is 27.8. The number of nitrogens with zero attached hydrogens (tertiary/aromatic N) is 6. The van der Waals surface area contributed by atoms with E-state index in [4.69, 9.17) is 5.73 Å². The quantitative estimate of drug-likeness (QED) is 0.437. The van der Waals surface area contributed by atoms with Crippen LogP contribution in [0.3, 0.4) is 0 Å². The van der Waals surface area contributed by atoms with Gasteiger partial charge in [0.25, 0.3) is 0 Å².